The summed E-state index contributed by atoms with van der Waals surface area (Å²) in [5, 5.41) is 38.1. The summed E-state index contributed by atoms with van der Waals surface area (Å²) in [6, 6.07) is 2.23. The molecule has 0 saturated carbocycles. The first-order valence-corrected chi connectivity index (χ1v) is 5.46. The molecule has 0 aromatic carbocycles. The summed E-state index contributed by atoms with van der Waals surface area (Å²) in [7, 11) is 0. The summed E-state index contributed by atoms with van der Waals surface area (Å²) in [5.74, 6) is -0.201. The largest absolute Gasteiger partial charge is 0.508 e. The number of hydrogen-bond acceptors (Lipinski definition) is 6. The maximum absolute atomic E-state index is 11.7. The van der Waals surface area contributed by atoms with E-state index < -0.39 is 36.2 Å². The molecule has 100 valence electrons. The molecule has 1 aliphatic rings. The van der Waals surface area contributed by atoms with E-state index in [2.05, 4.69) is 0 Å². The molecule has 1 saturated heterocycles. The quantitative estimate of drug-likeness (QED) is 0.516. The summed E-state index contributed by atoms with van der Waals surface area (Å²) >= 11 is 0. The number of pyridine rings is 1. The Labute approximate surface area is 102 Å². The Hall–Kier alpha value is -1.41. The van der Waals surface area contributed by atoms with E-state index in [-0.39, 0.29) is 5.75 Å². The highest BCUT2D eigenvalue weighted by atomic mass is 16.6. The number of hydrogen-bond donors (Lipinski definition) is 4. The minimum atomic E-state index is -1.71. The van der Waals surface area contributed by atoms with E-state index in [1.54, 1.807) is 0 Å². The standard InChI is InChI=1S/C11H15NO6/c1-11(17)9(16)7(5-13)18-10(11)12-3-2-6(14)4-8(12)15/h2-4,7,9-10,13-14,16-17H,5H2,1H3/t7-,9-,10+,11-/m1/s1. The van der Waals surface area contributed by atoms with Crippen molar-refractivity contribution in [3.05, 3.63) is 28.7 Å². The highest BCUT2D eigenvalue weighted by Crippen LogP contribution is 2.37. The zero-order valence-corrected chi connectivity index (χ0v) is 9.72. The number of aromatic hydroxyl groups is 1. The second-order valence-corrected chi connectivity index (χ2v) is 4.51. The second-order valence-electron chi connectivity index (χ2n) is 4.51. The first-order chi connectivity index (χ1) is 8.37. The molecule has 7 nitrogen and oxygen atoms in total. The molecule has 0 amide bonds. The molecule has 0 spiro atoms. The molecule has 4 atom stereocenters. The van der Waals surface area contributed by atoms with Gasteiger partial charge in [-0.25, -0.2) is 0 Å². The van der Waals surface area contributed by atoms with E-state index in [0.717, 1.165) is 10.6 Å². The van der Waals surface area contributed by atoms with E-state index in [4.69, 9.17) is 14.9 Å². The third-order valence-electron chi connectivity index (χ3n) is 3.12. The van der Waals surface area contributed by atoms with Gasteiger partial charge in [0.1, 0.15) is 23.6 Å². The first-order valence-electron chi connectivity index (χ1n) is 5.46. The van der Waals surface area contributed by atoms with E-state index >= 15 is 0 Å². The van der Waals surface area contributed by atoms with Crippen molar-refractivity contribution in [1.29, 1.82) is 0 Å². The van der Waals surface area contributed by atoms with Crippen LogP contribution >= 0.6 is 0 Å². The number of aliphatic hydroxyl groups excluding tert-OH is 2. The van der Waals surface area contributed by atoms with Crippen molar-refractivity contribution < 1.29 is 25.2 Å². The van der Waals surface area contributed by atoms with Crippen molar-refractivity contribution in [1.82, 2.24) is 4.57 Å². The Bertz CT molecular complexity index is 497. The van der Waals surface area contributed by atoms with E-state index in [1.807, 2.05) is 0 Å². The van der Waals surface area contributed by atoms with Crippen LogP contribution in [0.1, 0.15) is 13.2 Å². The summed E-state index contributed by atoms with van der Waals surface area (Å²) in [4.78, 5) is 11.7. The highest BCUT2D eigenvalue weighted by molar-refractivity contribution is 5.16. The molecule has 1 aromatic rings. The van der Waals surface area contributed by atoms with Crippen molar-refractivity contribution in [2.24, 2.45) is 0 Å². The predicted octanol–water partition coefficient (Wildman–Crippen LogP) is -1.44. The van der Waals surface area contributed by atoms with E-state index in [1.165, 1.54) is 19.2 Å². The topological polar surface area (TPSA) is 112 Å². The smallest absolute Gasteiger partial charge is 0.256 e. The van der Waals surface area contributed by atoms with Gasteiger partial charge in [0.25, 0.3) is 5.56 Å². The molecule has 0 bridgehead atoms. The number of nitrogens with zero attached hydrogens (tertiary/aromatic N) is 1. The molecular weight excluding hydrogens is 242 g/mol. The van der Waals surface area contributed by atoms with Gasteiger partial charge in [0, 0.05) is 12.3 Å². The molecule has 1 aromatic heterocycles. The zero-order chi connectivity index (χ0) is 13.5. The molecule has 0 aliphatic carbocycles. The summed E-state index contributed by atoms with van der Waals surface area (Å²) in [6.45, 7) is 0.845. The molecule has 0 radical (unpaired) electrons. The molecule has 0 unspecified atom stereocenters. The molecule has 18 heavy (non-hydrogen) atoms. The minimum Gasteiger partial charge on any atom is -0.508 e. The maximum atomic E-state index is 11.7. The fraction of sp³-hybridized carbons (Fsp3) is 0.545. The van der Waals surface area contributed by atoms with Gasteiger partial charge in [-0.05, 0) is 13.0 Å². The van der Waals surface area contributed by atoms with Gasteiger partial charge in [-0.1, -0.05) is 0 Å². The fourth-order valence-corrected chi connectivity index (χ4v) is 2.06. The van der Waals surface area contributed by atoms with Gasteiger partial charge < -0.3 is 25.2 Å². The van der Waals surface area contributed by atoms with Crippen LogP contribution in [0.4, 0.5) is 0 Å². The van der Waals surface area contributed by atoms with Gasteiger partial charge in [0.2, 0.25) is 0 Å². The number of aliphatic hydroxyl groups is 3. The second kappa shape index (κ2) is 4.36. The molecular formula is C11H15NO6. The van der Waals surface area contributed by atoms with Crippen LogP contribution in [0.2, 0.25) is 0 Å². The lowest BCUT2D eigenvalue weighted by molar-refractivity contribution is -0.0982. The lowest BCUT2D eigenvalue weighted by Crippen LogP contribution is -2.45. The van der Waals surface area contributed by atoms with E-state index in [0.29, 0.717) is 0 Å². The van der Waals surface area contributed by atoms with Gasteiger partial charge in [-0.2, -0.15) is 0 Å². The highest BCUT2D eigenvalue weighted by Gasteiger charge is 2.52. The fourth-order valence-electron chi connectivity index (χ4n) is 2.06. The van der Waals surface area contributed by atoms with Gasteiger partial charge in [-0.3, -0.25) is 9.36 Å². The maximum Gasteiger partial charge on any atom is 0.256 e. The SMILES string of the molecule is C[C@@]1(O)[C@H](O)[C@@H](CO)O[C@@H]1n1ccc(O)cc1=O. The molecule has 4 N–H and O–H groups in total. The van der Waals surface area contributed by atoms with Crippen LogP contribution in [-0.2, 0) is 4.74 Å². The van der Waals surface area contributed by atoms with Gasteiger partial charge >= 0.3 is 0 Å². The molecule has 7 heteroatoms. The average molecular weight is 257 g/mol. The molecule has 1 fully saturated rings. The van der Waals surface area contributed by atoms with Crippen LogP contribution in [0.15, 0.2) is 23.1 Å². The van der Waals surface area contributed by atoms with Gasteiger partial charge in [-0.15, -0.1) is 0 Å². The number of ether oxygens (including phenoxy) is 1. The average Bonchev–Trinajstić information content (AvgIpc) is 2.52. The Balaban J connectivity index is 2.42. The third kappa shape index (κ3) is 1.91. The van der Waals surface area contributed by atoms with Crippen molar-refractivity contribution in [2.45, 2.75) is 31.0 Å². The Kier molecular flexibility index (Phi) is 3.16. The van der Waals surface area contributed by atoms with Crippen LogP contribution in [0.5, 0.6) is 5.75 Å². The Morgan fingerprint density at radius 3 is 2.72 bits per heavy atom. The Morgan fingerprint density at radius 1 is 1.56 bits per heavy atom. The normalized spacial score (nSPS) is 35.9. The van der Waals surface area contributed by atoms with Crippen molar-refractivity contribution >= 4 is 0 Å². The predicted molar refractivity (Wildman–Crippen MR) is 60.0 cm³/mol. The lowest BCUT2D eigenvalue weighted by Gasteiger charge is -2.27. The lowest BCUT2D eigenvalue weighted by atomic mass is 9.96. The van der Waals surface area contributed by atoms with Crippen molar-refractivity contribution in [3.8, 4) is 5.75 Å². The van der Waals surface area contributed by atoms with E-state index in [9.17, 15) is 15.0 Å². The van der Waals surface area contributed by atoms with Crippen LogP contribution in [0.3, 0.4) is 0 Å². The van der Waals surface area contributed by atoms with Crippen LogP contribution < -0.4 is 5.56 Å². The number of rotatable bonds is 2. The van der Waals surface area contributed by atoms with Gasteiger partial charge in [0.05, 0.1) is 6.61 Å². The van der Waals surface area contributed by atoms with Crippen LogP contribution in [0.25, 0.3) is 0 Å². The Morgan fingerprint density at radius 2 is 2.22 bits per heavy atom. The molecule has 2 heterocycles. The molecule has 2 rings (SSSR count). The first kappa shape index (κ1) is 13.0. The summed E-state index contributed by atoms with van der Waals surface area (Å²) in [5.41, 5.74) is -2.29. The summed E-state index contributed by atoms with van der Waals surface area (Å²) < 4.78 is 6.33. The third-order valence-corrected chi connectivity index (χ3v) is 3.12. The van der Waals surface area contributed by atoms with Gasteiger partial charge in [0.15, 0.2) is 6.23 Å². The summed E-state index contributed by atoms with van der Waals surface area (Å²) in [6.07, 6.45) is -2.15. The number of aromatic nitrogens is 1. The zero-order valence-electron chi connectivity index (χ0n) is 9.72. The minimum absolute atomic E-state index is 0.201. The van der Waals surface area contributed by atoms with Crippen LogP contribution in [-0.4, -0.2) is 49.4 Å². The van der Waals surface area contributed by atoms with Crippen molar-refractivity contribution in [2.75, 3.05) is 6.61 Å². The molecule has 1 aliphatic heterocycles. The monoisotopic (exact) mass is 257 g/mol. The van der Waals surface area contributed by atoms with Crippen LogP contribution in [0, 0.1) is 0 Å². The van der Waals surface area contributed by atoms with Crippen molar-refractivity contribution in [3.63, 3.8) is 0 Å².